The summed E-state index contributed by atoms with van der Waals surface area (Å²) in [6.45, 7) is 7.72. The molecule has 1 amide bonds. The van der Waals surface area contributed by atoms with Crippen LogP contribution in [0.1, 0.15) is 31.0 Å². The van der Waals surface area contributed by atoms with Crippen LogP contribution >= 0.6 is 0 Å². The van der Waals surface area contributed by atoms with Crippen molar-refractivity contribution in [3.05, 3.63) is 65.7 Å². The average Bonchev–Trinajstić information content (AvgIpc) is 2.80. The summed E-state index contributed by atoms with van der Waals surface area (Å²) in [5, 5.41) is 9.45. The second kappa shape index (κ2) is 12.5. The molecule has 7 nitrogen and oxygen atoms in total. The lowest BCUT2D eigenvalue weighted by Crippen LogP contribution is -2.43. The van der Waals surface area contributed by atoms with Crippen LogP contribution in [0.4, 0.5) is 10.5 Å². The van der Waals surface area contributed by atoms with Crippen molar-refractivity contribution in [3.63, 3.8) is 0 Å². The van der Waals surface area contributed by atoms with Crippen molar-refractivity contribution in [2.24, 2.45) is 4.99 Å². The number of likely N-dealkylation sites (N-methyl/N-ethyl adjacent to an activating group) is 1. The van der Waals surface area contributed by atoms with Gasteiger partial charge >= 0.3 is 6.09 Å². The summed E-state index contributed by atoms with van der Waals surface area (Å²) in [6, 6.07) is 18.4. The van der Waals surface area contributed by atoms with Gasteiger partial charge in [-0.2, -0.15) is 0 Å². The number of amides is 1. The molecule has 7 heteroatoms. The van der Waals surface area contributed by atoms with Crippen LogP contribution in [-0.4, -0.2) is 50.7 Å². The molecule has 0 saturated carbocycles. The van der Waals surface area contributed by atoms with Gasteiger partial charge in [0.25, 0.3) is 0 Å². The van der Waals surface area contributed by atoms with Crippen molar-refractivity contribution < 1.29 is 9.53 Å². The van der Waals surface area contributed by atoms with Gasteiger partial charge in [0.15, 0.2) is 5.96 Å². The molecule has 1 unspecified atom stereocenters. The zero-order valence-corrected chi connectivity index (χ0v) is 18.3. The first kappa shape index (κ1) is 23.2. The fraction of sp³-hybridized carbons (Fsp3) is 0.391. The van der Waals surface area contributed by atoms with Gasteiger partial charge in [0, 0.05) is 25.8 Å². The van der Waals surface area contributed by atoms with E-state index in [1.807, 2.05) is 30.3 Å². The number of ether oxygens (including phenoxy) is 1. The van der Waals surface area contributed by atoms with E-state index in [2.05, 4.69) is 68.7 Å². The number of carbonyl (C=O) groups excluding carboxylic acids is 1. The first-order valence-corrected chi connectivity index (χ1v) is 10.3. The lowest BCUT2D eigenvalue weighted by Gasteiger charge is -2.30. The number of methoxy groups -OCH3 is 1. The van der Waals surface area contributed by atoms with Crippen molar-refractivity contribution >= 4 is 17.7 Å². The van der Waals surface area contributed by atoms with Gasteiger partial charge in [-0.05, 0) is 36.3 Å². The molecule has 0 aliphatic rings. The van der Waals surface area contributed by atoms with Crippen LogP contribution in [0.3, 0.4) is 0 Å². The van der Waals surface area contributed by atoms with E-state index in [0.29, 0.717) is 12.2 Å². The van der Waals surface area contributed by atoms with Gasteiger partial charge in [-0.3, -0.25) is 15.2 Å². The fourth-order valence-electron chi connectivity index (χ4n) is 3.27. The summed E-state index contributed by atoms with van der Waals surface area (Å²) < 4.78 is 4.60. The van der Waals surface area contributed by atoms with Crippen molar-refractivity contribution in [3.8, 4) is 0 Å². The van der Waals surface area contributed by atoms with E-state index in [1.54, 1.807) is 7.05 Å². The van der Waals surface area contributed by atoms with Crippen molar-refractivity contribution in [2.45, 2.75) is 26.4 Å². The third-order valence-electron chi connectivity index (χ3n) is 4.97. The quantitative estimate of drug-likeness (QED) is 0.434. The van der Waals surface area contributed by atoms with Crippen LogP contribution in [-0.2, 0) is 11.3 Å². The summed E-state index contributed by atoms with van der Waals surface area (Å²) in [6.07, 6.45) is -0.480. The zero-order chi connectivity index (χ0) is 21.8. The van der Waals surface area contributed by atoms with Gasteiger partial charge in [0.1, 0.15) is 0 Å². The Bertz CT molecular complexity index is 789. The molecule has 0 saturated heterocycles. The zero-order valence-electron chi connectivity index (χ0n) is 18.3. The monoisotopic (exact) mass is 411 g/mol. The van der Waals surface area contributed by atoms with E-state index >= 15 is 0 Å². The second-order valence-corrected chi connectivity index (χ2v) is 6.77. The minimum Gasteiger partial charge on any atom is -0.453 e. The van der Waals surface area contributed by atoms with E-state index in [9.17, 15) is 4.79 Å². The van der Waals surface area contributed by atoms with E-state index in [-0.39, 0.29) is 6.04 Å². The topological polar surface area (TPSA) is 78.0 Å². The SMILES string of the molecule is CCN(CC)C(CNC(=NC)NCc1ccc(NC(=O)OC)cc1)c1ccccc1. The molecule has 0 bridgehead atoms. The Hall–Kier alpha value is -3.06. The smallest absolute Gasteiger partial charge is 0.411 e. The second-order valence-electron chi connectivity index (χ2n) is 6.77. The Labute approximate surface area is 179 Å². The number of guanidine groups is 1. The standard InChI is InChI=1S/C23H33N5O2/c1-5-28(6-2)21(19-10-8-7-9-11-19)17-26-22(24-3)25-16-18-12-14-20(15-13-18)27-23(29)30-4/h7-15,21H,5-6,16-17H2,1-4H3,(H,27,29)(H2,24,25,26). The van der Waals surface area contributed by atoms with Crippen LogP contribution in [0, 0.1) is 0 Å². The Morgan fingerprint density at radius 1 is 1.03 bits per heavy atom. The normalized spacial score (nSPS) is 12.4. The highest BCUT2D eigenvalue weighted by Crippen LogP contribution is 2.19. The number of carbonyl (C=O) groups is 1. The lowest BCUT2D eigenvalue weighted by atomic mass is 10.1. The Morgan fingerprint density at radius 2 is 1.70 bits per heavy atom. The van der Waals surface area contributed by atoms with Gasteiger partial charge in [-0.15, -0.1) is 0 Å². The maximum absolute atomic E-state index is 11.3. The molecule has 162 valence electrons. The van der Waals surface area contributed by atoms with E-state index in [0.717, 1.165) is 31.2 Å². The molecule has 2 aromatic carbocycles. The summed E-state index contributed by atoms with van der Waals surface area (Å²) in [4.78, 5) is 18.1. The molecule has 3 N–H and O–H groups in total. The van der Waals surface area contributed by atoms with Crippen molar-refractivity contribution in [1.29, 1.82) is 0 Å². The number of nitrogens with one attached hydrogen (secondary N) is 3. The summed E-state index contributed by atoms with van der Waals surface area (Å²) in [7, 11) is 3.11. The lowest BCUT2D eigenvalue weighted by molar-refractivity contribution is 0.187. The third-order valence-corrected chi connectivity index (χ3v) is 4.97. The molecule has 30 heavy (non-hydrogen) atoms. The Balaban J connectivity index is 1.93. The van der Waals surface area contributed by atoms with Gasteiger partial charge in [0.2, 0.25) is 0 Å². The highest BCUT2D eigenvalue weighted by molar-refractivity contribution is 5.84. The van der Waals surface area contributed by atoms with Gasteiger partial charge < -0.3 is 15.4 Å². The van der Waals surface area contributed by atoms with Crippen LogP contribution in [0.5, 0.6) is 0 Å². The molecular weight excluding hydrogens is 378 g/mol. The molecular formula is C23H33N5O2. The fourth-order valence-corrected chi connectivity index (χ4v) is 3.27. The highest BCUT2D eigenvalue weighted by Gasteiger charge is 2.18. The molecule has 0 aromatic heterocycles. The van der Waals surface area contributed by atoms with E-state index < -0.39 is 6.09 Å². The molecule has 0 fully saturated rings. The van der Waals surface area contributed by atoms with Gasteiger partial charge in [-0.1, -0.05) is 56.3 Å². The third kappa shape index (κ3) is 7.08. The number of benzene rings is 2. The molecule has 0 aliphatic carbocycles. The largest absolute Gasteiger partial charge is 0.453 e. The summed E-state index contributed by atoms with van der Waals surface area (Å²) >= 11 is 0. The van der Waals surface area contributed by atoms with E-state index in [1.165, 1.54) is 12.7 Å². The molecule has 0 aliphatic heterocycles. The average molecular weight is 412 g/mol. The first-order chi connectivity index (χ1) is 14.6. The van der Waals surface area contributed by atoms with Crippen molar-refractivity contribution in [1.82, 2.24) is 15.5 Å². The number of hydrogen-bond acceptors (Lipinski definition) is 4. The minimum absolute atomic E-state index is 0.267. The molecule has 2 aromatic rings. The van der Waals surface area contributed by atoms with Gasteiger partial charge in [-0.25, -0.2) is 4.79 Å². The Kier molecular flexibility index (Phi) is 9.67. The highest BCUT2D eigenvalue weighted by atomic mass is 16.5. The molecule has 1 atom stereocenters. The molecule has 0 heterocycles. The first-order valence-electron chi connectivity index (χ1n) is 10.3. The van der Waals surface area contributed by atoms with E-state index in [4.69, 9.17) is 0 Å². The van der Waals surface area contributed by atoms with Crippen LogP contribution in [0.2, 0.25) is 0 Å². The Morgan fingerprint density at radius 3 is 2.27 bits per heavy atom. The number of nitrogens with zero attached hydrogens (tertiary/aromatic N) is 2. The summed E-state index contributed by atoms with van der Waals surface area (Å²) in [5.74, 6) is 0.750. The van der Waals surface area contributed by atoms with Gasteiger partial charge in [0.05, 0.1) is 13.2 Å². The number of rotatable bonds is 9. The minimum atomic E-state index is -0.480. The van der Waals surface area contributed by atoms with Crippen LogP contribution in [0.15, 0.2) is 59.6 Å². The molecule has 0 radical (unpaired) electrons. The van der Waals surface area contributed by atoms with Crippen molar-refractivity contribution in [2.75, 3.05) is 39.1 Å². The molecule has 2 rings (SSSR count). The number of hydrogen-bond donors (Lipinski definition) is 3. The summed E-state index contributed by atoms with van der Waals surface area (Å²) in [5.41, 5.74) is 3.06. The maximum Gasteiger partial charge on any atom is 0.411 e. The molecule has 0 spiro atoms. The number of aliphatic imine (C=N–C) groups is 1. The van der Waals surface area contributed by atoms with Crippen LogP contribution in [0.25, 0.3) is 0 Å². The van der Waals surface area contributed by atoms with Crippen LogP contribution < -0.4 is 16.0 Å². The predicted octanol–water partition coefficient (Wildman–Crippen LogP) is 3.61. The predicted molar refractivity (Wildman–Crippen MR) is 123 cm³/mol. The maximum atomic E-state index is 11.3. The number of anilines is 1.